The Morgan fingerprint density at radius 2 is 2.27 bits per heavy atom. The van der Waals surface area contributed by atoms with E-state index in [1.807, 2.05) is 0 Å². The molecular formula is C19H31NO2. The summed E-state index contributed by atoms with van der Waals surface area (Å²) in [5.74, 6) is 1.01. The van der Waals surface area contributed by atoms with Crippen molar-refractivity contribution >= 4 is 5.97 Å². The predicted octanol–water partition coefficient (Wildman–Crippen LogP) is 3.69. The first-order valence-electron chi connectivity index (χ1n) is 9.18. The third-order valence-electron chi connectivity index (χ3n) is 6.15. The Morgan fingerprint density at radius 1 is 1.45 bits per heavy atom. The van der Waals surface area contributed by atoms with Gasteiger partial charge in [0.15, 0.2) is 0 Å². The number of hydrogen-bond acceptors (Lipinski definition) is 3. The van der Waals surface area contributed by atoms with Gasteiger partial charge in [-0.1, -0.05) is 45.3 Å². The highest BCUT2D eigenvalue weighted by Gasteiger charge is 2.51. The summed E-state index contributed by atoms with van der Waals surface area (Å²) in [6.45, 7) is 8.71. The van der Waals surface area contributed by atoms with Crippen molar-refractivity contribution in [1.29, 1.82) is 0 Å². The summed E-state index contributed by atoms with van der Waals surface area (Å²) >= 11 is 0. The molecule has 3 nitrogen and oxygen atoms in total. The van der Waals surface area contributed by atoms with Crippen molar-refractivity contribution in [3.05, 3.63) is 11.6 Å². The maximum atomic E-state index is 12.3. The highest BCUT2D eigenvalue weighted by atomic mass is 16.6. The van der Waals surface area contributed by atoms with Crippen LogP contribution in [0.3, 0.4) is 0 Å². The Labute approximate surface area is 134 Å². The Bertz CT molecular complexity index is 458. The van der Waals surface area contributed by atoms with Crippen LogP contribution in [0.1, 0.15) is 59.3 Å². The standard InChI is InChI=1S/C19H31NO2/c1-4-5-9-20-12-15-14-10-16-13(2)7-6-8-19(16,3)11-17(14)22-18(15)21/h10,13-15,17,20H,4-9,11-12H2,1-3H3. The van der Waals surface area contributed by atoms with E-state index >= 15 is 0 Å². The molecule has 1 saturated heterocycles. The van der Waals surface area contributed by atoms with Crippen molar-refractivity contribution in [2.45, 2.75) is 65.4 Å². The highest BCUT2D eigenvalue weighted by molar-refractivity contribution is 5.76. The van der Waals surface area contributed by atoms with Crippen LogP contribution < -0.4 is 5.32 Å². The fourth-order valence-electron chi connectivity index (χ4n) is 4.84. The van der Waals surface area contributed by atoms with Gasteiger partial charge in [-0.05, 0) is 43.6 Å². The summed E-state index contributed by atoms with van der Waals surface area (Å²) < 4.78 is 5.76. The first-order valence-corrected chi connectivity index (χ1v) is 9.18. The smallest absolute Gasteiger partial charge is 0.311 e. The number of hydrogen-bond donors (Lipinski definition) is 1. The van der Waals surface area contributed by atoms with E-state index in [2.05, 4.69) is 32.2 Å². The summed E-state index contributed by atoms with van der Waals surface area (Å²) in [6.07, 6.45) is 9.81. The van der Waals surface area contributed by atoms with Gasteiger partial charge in [-0.3, -0.25) is 4.79 Å². The van der Waals surface area contributed by atoms with Crippen molar-refractivity contribution in [3.8, 4) is 0 Å². The minimum Gasteiger partial charge on any atom is -0.461 e. The molecule has 5 unspecified atom stereocenters. The van der Waals surface area contributed by atoms with E-state index in [0.29, 0.717) is 11.8 Å². The van der Waals surface area contributed by atoms with Crippen molar-refractivity contribution in [2.24, 2.45) is 23.2 Å². The maximum Gasteiger partial charge on any atom is 0.311 e. The molecule has 1 N–H and O–H groups in total. The summed E-state index contributed by atoms with van der Waals surface area (Å²) in [5, 5.41) is 3.45. The molecule has 0 bridgehead atoms. The minimum absolute atomic E-state index is 0.0192. The molecular weight excluding hydrogens is 274 g/mol. The Kier molecular flexibility index (Phi) is 4.63. The van der Waals surface area contributed by atoms with Gasteiger partial charge in [0.25, 0.3) is 0 Å². The second kappa shape index (κ2) is 6.35. The molecule has 1 heterocycles. The zero-order chi connectivity index (χ0) is 15.7. The quantitative estimate of drug-likeness (QED) is 0.478. The lowest BCUT2D eigenvalue weighted by molar-refractivity contribution is -0.145. The molecule has 3 rings (SSSR count). The first kappa shape index (κ1) is 16.0. The van der Waals surface area contributed by atoms with E-state index in [9.17, 15) is 4.79 Å². The zero-order valence-corrected chi connectivity index (χ0v) is 14.4. The van der Waals surface area contributed by atoms with Gasteiger partial charge >= 0.3 is 5.97 Å². The summed E-state index contributed by atoms with van der Waals surface area (Å²) in [5.41, 5.74) is 1.88. The second-order valence-electron chi connectivity index (χ2n) is 7.90. The van der Waals surface area contributed by atoms with Crippen LogP contribution in [0.5, 0.6) is 0 Å². The molecule has 2 aliphatic carbocycles. The van der Waals surface area contributed by atoms with E-state index in [1.165, 1.54) is 32.1 Å². The van der Waals surface area contributed by atoms with Gasteiger partial charge < -0.3 is 10.1 Å². The van der Waals surface area contributed by atoms with Crippen LogP contribution in [-0.4, -0.2) is 25.2 Å². The summed E-state index contributed by atoms with van der Waals surface area (Å²) in [6, 6.07) is 0. The molecule has 5 atom stereocenters. The summed E-state index contributed by atoms with van der Waals surface area (Å²) in [7, 11) is 0. The molecule has 124 valence electrons. The average Bonchev–Trinajstić information content (AvgIpc) is 2.76. The molecule has 3 aliphatic rings. The van der Waals surface area contributed by atoms with E-state index in [4.69, 9.17) is 4.74 Å². The van der Waals surface area contributed by atoms with Crippen LogP contribution in [0.25, 0.3) is 0 Å². The first-order chi connectivity index (χ1) is 10.5. The van der Waals surface area contributed by atoms with Gasteiger partial charge in [0, 0.05) is 12.5 Å². The number of unbranched alkanes of at least 4 members (excludes halogenated alkanes) is 1. The summed E-state index contributed by atoms with van der Waals surface area (Å²) in [4.78, 5) is 12.3. The Balaban J connectivity index is 1.74. The third kappa shape index (κ3) is 2.84. The number of allylic oxidation sites excluding steroid dienone is 1. The number of ether oxygens (including phenoxy) is 1. The molecule has 1 aliphatic heterocycles. The van der Waals surface area contributed by atoms with Gasteiger partial charge in [-0.25, -0.2) is 0 Å². The zero-order valence-electron chi connectivity index (χ0n) is 14.4. The van der Waals surface area contributed by atoms with Crippen LogP contribution in [0.2, 0.25) is 0 Å². The second-order valence-corrected chi connectivity index (χ2v) is 7.90. The minimum atomic E-state index is 0.0192. The largest absolute Gasteiger partial charge is 0.461 e. The normalized spacial score (nSPS) is 40.7. The number of rotatable bonds is 5. The molecule has 2 fully saturated rings. The fourth-order valence-corrected chi connectivity index (χ4v) is 4.84. The maximum absolute atomic E-state index is 12.3. The number of carbonyl (C=O) groups is 1. The van der Waals surface area contributed by atoms with Crippen molar-refractivity contribution in [2.75, 3.05) is 13.1 Å². The molecule has 3 heteroatoms. The molecule has 0 radical (unpaired) electrons. The Morgan fingerprint density at radius 3 is 3.05 bits per heavy atom. The van der Waals surface area contributed by atoms with Crippen molar-refractivity contribution in [1.82, 2.24) is 5.32 Å². The van der Waals surface area contributed by atoms with Gasteiger partial charge in [0.05, 0.1) is 5.92 Å². The number of nitrogens with one attached hydrogen (secondary N) is 1. The van der Waals surface area contributed by atoms with Crippen LogP contribution in [-0.2, 0) is 9.53 Å². The molecule has 22 heavy (non-hydrogen) atoms. The average molecular weight is 305 g/mol. The van der Waals surface area contributed by atoms with Crippen LogP contribution in [0.4, 0.5) is 0 Å². The lowest BCUT2D eigenvalue weighted by Gasteiger charge is -2.46. The van der Waals surface area contributed by atoms with Gasteiger partial charge in [0.1, 0.15) is 6.10 Å². The number of esters is 1. The van der Waals surface area contributed by atoms with E-state index < -0.39 is 0 Å². The van der Waals surface area contributed by atoms with Crippen LogP contribution >= 0.6 is 0 Å². The van der Waals surface area contributed by atoms with Gasteiger partial charge in [-0.2, -0.15) is 0 Å². The van der Waals surface area contributed by atoms with E-state index in [0.717, 1.165) is 19.5 Å². The molecule has 0 aromatic rings. The fraction of sp³-hybridized carbons (Fsp3) is 0.842. The van der Waals surface area contributed by atoms with E-state index in [1.54, 1.807) is 5.57 Å². The molecule has 0 amide bonds. The van der Waals surface area contributed by atoms with E-state index in [-0.39, 0.29) is 23.4 Å². The number of carbonyl (C=O) groups excluding carboxylic acids is 1. The lowest BCUT2D eigenvalue weighted by atomic mass is 9.59. The molecule has 0 aromatic heterocycles. The van der Waals surface area contributed by atoms with Crippen LogP contribution in [0, 0.1) is 23.2 Å². The van der Waals surface area contributed by atoms with Gasteiger partial charge in [0.2, 0.25) is 0 Å². The Hall–Kier alpha value is -0.830. The third-order valence-corrected chi connectivity index (χ3v) is 6.15. The number of fused-ring (bicyclic) bond motifs is 2. The molecule has 0 spiro atoms. The predicted molar refractivity (Wildman–Crippen MR) is 88.5 cm³/mol. The van der Waals surface area contributed by atoms with Crippen LogP contribution in [0.15, 0.2) is 11.6 Å². The van der Waals surface area contributed by atoms with Crippen molar-refractivity contribution < 1.29 is 9.53 Å². The monoisotopic (exact) mass is 305 g/mol. The SMILES string of the molecule is CCCCNCC1C(=O)OC2CC3(C)CCCC(C)C3=CC21. The topological polar surface area (TPSA) is 38.3 Å². The highest BCUT2D eigenvalue weighted by Crippen LogP contribution is 2.53. The molecule has 1 saturated carbocycles. The van der Waals surface area contributed by atoms with Crippen molar-refractivity contribution in [3.63, 3.8) is 0 Å². The van der Waals surface area contributed by atoms with Gasteiger partial charge in [-0.15, -0.1) is 0 Å². The molecule has 0 aromatic carbocycles. The lowest BCUT2D eigenvalue weighted by Crippen LogP contribution is -2.40.